The van der Waals surface area contributed by atoms with Crippen LogP contribution in [0.25, 0.3) is 0 Å². The van der Waals surface area contributed by atoms with Crippen LogP contribution < -0.4 is 0 Å². The molecule has 0 spiro atoms. The Labute approximate surface area is 115 Å². The number of carbonyl (C=O) groups excluding carboxylic acids is 1. The minimum absolute atomic E-state index is 0.0886. The first kappa shape index (κ1) is 14.7. The lowest BCUT2D eigenvalue weighted by atomic mass is 10.1. The van der Waals surface area contributed by atoms with Gasteiger partial charge in [0.1, 0.15) is 6.04 Å². The molecule has 2 aliphatic rings. The third-order valence-corrected chi connectivity index (χ3v) is 6.04. The van der Waals surface area contributed by atoms with Gasteiger partial charge in [-0.3, -0.25) is 4.79 Å². The fourth-order valence-corrected chi connectivity index (χ4v) is 4.68. The largest absolute Gasteiger partial charge is 0.343 e. The molecule has 2 fully saturated rings. The van der Waals surface area contributed by atoms with Gasteiger partial charge in [0.2, 0.25) is 5.91 Å². The van der Waals surface area contributed by atoms with Crippen molar-refractivity contribution >= 4 is 16.1 Å². The van der Waals surface area contributed by atoms with Gasteiger partial charge in [-0.1, -0.05) is 13.3 Å². The summed E-state index contributed by atoms with van der Waals surface area (Å²) in [6.07, 6.45) is 3.44. The van der Waals surface area contributed by atoms with Gasteiger partial charge in [0.05, 0.1) is 0 Å². The van der Waals surface area contributed by atoms with Crippen molar-refractivity contribution in [3.8, 4) is 0 Å². The molecule has 0 aromatic carbocycles. The monoisotopic (exact) mass is 289 g/mol. The van der Waals surface area contributed by atoms with Crippen molar-refractivity contribution in [3.05, 3.63) is 0 Å². The number of piperazine rings is 1. The Morgan fingerprint density at radius 2 is 1.74 bits per heavy atom. The van der Waals surface area contributed by atoms with Gasteiger partial charge in [-0.15, -0.1) is 0 Å². The molecule has 2 rings (SSSR count). The molecule has 0 aromatic heterocycles. The zero-order chi connectivity index (χ0) is 14.0. The van der Waals surface area contributed by atoms with E-state index in [1.807, 2.05) is 6.92 Å². The molecule has 2 heterocycles. The van der Waals surface area contributed by atoms with Crippen LogP contribution >= 0.6 is 0 Å². The maximum Gasteiger partial charge on any atom is 0.282 e. The lowest BCUT2D eigenvalue weighted by molar-refractivity contribution is -0.137. The van der Waals surface area contributed by atoms with Crippen molar-refractivity contribution in [1.29, 1.82) is 0 Å². The number of amides is 1. The van der Waals surface area contributed by atoms with E-state index in [0.29, 0.717) is 32.6 Å². The Hall–Kier alpha value is -0.660. The van der Waals surface area contributed by atoms with Crippen LogP contribution in [0.1, 0.15) is 32.6 Å². The third kappa shape index (κ3) is 2.78. The van der Waals surface area contributed by atoms with Crippen molar-refractivity contribution in [2.24, 2.45) is 0 Å². The zero-order valence-corrected chi connectivity index (χ0v) is 12.5. The Bertz CT molecular complexity index is 432. The number of rotatable bonds is 3. The second kappa shape index (κ2) is 5.76. The summed E-state index contributed by atoms with van der Waals surface area (Å²) >= 11 is 0. The highest BCUT2D eigenvalue weighted by Gasteiger charge is 2.41. The Morgan fingerprint density at radius 3 is 2.32 bits per heavy atom. The van der Waals surface area contributed by atoms with Crippen LogP contribution in [0.4, 0.5) is 0 Å². The Morgan fingerprint density at radius 1 is 1.11 bits per heavy atom. The molecule has 0 aromatic rings. The molecule has 0 aliphatic carbocycles. The summed E-state index contributed by atoms with van der Waals surface area (Å²) in [5.41, 5.74) is 0. The van der Waals surface area contributed by atoms with Crippen molar-refractivity contribution < 1.29 is 13.2 Å². The molecule has 0 N–H and O–H groups in total. The summed E-state index contributed by atoms with van der Waals surface area (Å²) in [4.78, 5) is 13.7. The first-order valence-electron chi connectivity index (χ1n) is 7.00. The molecule has 1 atom stereocenters. The normalized spacial score (nSPS) is 27.8. The molecule has 1 unspecified atom stereocenters. The minimum Gasteiger partial charge on any atom is -0.343 e. The van der Waals surface area contributed by atoms with Crippen molar-refractivity contribution in [1.82, 2.24) is 13.5 Å². The van der Waals surface area contributed by atoms with Gasteiger partial charge < -0.3 is 4.90 Å². The van der Waals surface area contributed by atoms with Crippen LogP contribution in [-0.4, -0.2) is 67.1 Å². The molecular weight excluding hydrogens is 266 g/mol. The van der Waals surface area contributed by atoms with Crippen LogP contribution in [0, 0.1) is 0 Å². The molecule has 0 bridgehead atoms. The van der Waals surface area contributed by atoms with Gasteiger partial charge >= 0.3 is 0 Å². The van der Waals surface area contributed by atoms with Gasteiger partial charge in [-0.2, -0.15) is 17.0 Å². The first-order valence-corrected chi connectivity index (χ1v) is 8.40. The number of likely N-dealkylation sites (N-methyl/N-ethyl adjacent to an activating group) is 1. The SMILES string of the molecule is CCC1C(=O)N(C)CCN1S(=O)(=O)N1CCCCC1. The van der Waals surface area contributed by atoms with Crippen LogP contribution in [-0.2, 0) is 15.0 Å². The highest BCUT2D eigenvalue weighted by molar-refractivity contribution is 7.86. The van der Waals surface area contributed by atoms with E-state index in [1.54, 1.807) is 11.9 Å². The number of hydrogen-bond acceptors (Lipinski definition) is 3. The van der Waals surface area contributed by atoms with Crippen molar-refractivity contribution in [2.75, 3.05) is 33.2 Å². The number of carbonyl (C=O) groups is 1. The van der Waals surface area contributed by atoms with Crippen LogP contribution in [0.3, 0.4) is 0 Å². The summed E-state index contributed by atoms with van der Waals surface area (Å²) in [5, 5.41) is 0. The van der Waals surface area contributed by atoms with E-state index in [9.17, 15) is 13.2 Å². The van der Waals surface area contributed by atoms with Gasteiger partial charge in [0, 0.05) is 33.2 Å². The highest BCUT2D eigenvalue weighted by Crippen LogP contribution is 2.22. The molecule has 110 valence electrons. The van der Waals surface area contributed by atoms with Gasteiger partial charge in [0.25, 0.3) is 10.2 Å². The topological polar surface area (TPSA) is 60.9 Å². The molecule has 0 radical (unpaired) electrons. The number of piperidine rings is 1. The van der Waals surface area contributed by atoms with Crippen molar-refractivity contribution in [2.45, 2.75) is 38.6 Å². The second-order valence-corrected chi connectivity index (χ2v) is 7.14. The fraction of sp³-hybridized carbons (Fsp3) is 0.917. The zero-order valence-electron chi connectivity index (χ0n) is 11.7. The summed E-state index contributed by atoms with van der Waals surface area (Å²) in [7, 11) is -1.75. The van der Waals surface area contributed by atoms with Crippen LogP contribution in [0.2, 0.25) is 0 Å². The maximum atomic E-state index is 12.6. The predicted octanol–water partition coefficient (Wildman–Crippen LogP) is 0.270. The van der Waals surface area contributed by atoms with Crippen LogP contribution in [0.5, 0.6) is 0 Å². The van der Waals surface area contributed by atoms with Crippen LogP contribution in [0.15, 0.2) is 0 Å². The van der Waals surface area contributed by atoms with Gasteiger partial charge in [-0.05, 0) is 19.3 Å². The maximum absolute atomic E-state index is 12.6. The smallest absolute Gasteiger partial charge is 0.282 e. The Kier molecular flexibility index (Phi) is 4.47. The number of hydrogen-bond donors (Lipinski definition) is 0. The molecule has 6 nitrogen and oxygen atoms in total. The van der Waals surface area contributed by atoms with Gasteiger partial charge in [0.15, 0.2) is 0 Å². The lowest BCUT2D eigenvalue weighted by Crippen LogP contribution is -2.60. The summed E-state index contributed by atoms with van der Waals surface area (Å²) in [6.45, 7) is 3.90. The third-order valence-electron chi connectivity index (χ3n) is 3.99. The van der Waals surface area contributed by atoms with Crippen molar-refractivity contribution in [3.63, 3.8) is 0 Å². The quantitative estimate of drug-likeness (QED) is 0.749. The summed E-state index contributed by atoms with van der Waals surface area (Å²) < 4.78 is 28.2. The fourth-order valence-electron chi connectivity index (χ4n) is 2.79. The first-order chi connectivity index (χ1) is 8.98. The standard InChI is InChI=1S/C12H23N3O3S/c1-3-11-12(16)13(2)9-10-15(11)19(17,18)14-7-5-4-6-8-14/h11H,3-10H2,1-2H3. The highest BCUT2D eigenvalue weighted by atomic mass is 32.2. The molecule has 2 saturated heterocycles. The average molecular weight is 289 g/mol. The van der Waals surface area contributed by atoms with Gasteiger partial charge in [-0.25, -0.2) is 0 Å². The number of nitrogens with zero attached hydrogens (tertiary/aromatic N) is 3. The molecule has 1 amide bonds. The summed E-state index contributed by atoms with van der Waals surface area (Å²) in [5.74, 6) is -0.0886. The second-order valence-electron chi connectivity index (χ2n) is 5.26. The van der Waals surface area contributed by atoms with E-state index in [4.69, 9.17) is 0 Å². The van der Waals surface area contributed by atoms with E-state index in [0.717, 1.165) is 19.3 Å². The van der Waals surface area contributed by atoms with E-state index in [1.165, 1.54) is 8.61 Å². The molecule has 19 heavy (non-hydrogen) atoms. The molecule has 7 heteroatoms. The molecular formula is C12H23N3O3S. The molecule has 0 saturated carbocycles. The summed E-state index contributed by atoms with van der Waals surface area (Å²) in [6, 6.07) is -0.536. The average Bonchev–Trinajstić information content (AvgIpc) is 2.42. The predicted molar refractivity (Wildman–Crippen MR) is 72.8 cm³/mol. The minimum atomic E-state index is -3.48. The van der Waals surface area contributed by atoms with E-state index in [-0.39, 0.29) is 5.91 Å². The molecule has 2 aliphatic heterocycles. The van der Waals surface area contributed by atoms with E-state index < -0.39 is 16.3 Å². The Balaban J connectivity index is 2.20. The van der Waals surface area contributed by atoms with E-state index >= 15 is 0 Å². The lowest BCUT2D eigenvalue weighted by Gasteiger charge is -2.40. The van der Waals surface area contributed by atoms with E-state index in [2.05, 4.69) is 0 Å².